The summed E-state index contributed by atoms with van der Waals surface area (Å²) in [6.07, 6.45) is 3.99. The van der Waals surface area contributed by atoms with E-state index in [2.05, 4.69) is 32.0 Å². The summed E-state index contributed by atoms with van der Waals surface area (Å²) in [7, 11) is 1.59. The number of carbonyl (C=O) groups excluding carboxylic acids is 3. The van der Waals surface area contributed by atoms with E-state index in [0.29, 0.717) is 23.1 Å². The van der Waals surface area contributed by atoms with E-state index in [4.69, 9.17) is 18.7 Å². The van der Waals surface area contributed by atoms with Crippen molar-refractivity contribution in [1.29, 1.82) is 0 Å². The molecule has 4 aliphatic carbocycles. The largest absolute Gasteiger partial charge is 0.506 e. The highest BCUT2D eigenvalue weighted by atomic mass is 16.5. The number of nitrogens with zero attached hydrogens (tertiary/aromatic N) is 1. The zero-order valence-corrected chi connectivity index (χ0v) is 30.4. The van der Waals surface area contributed by atoms with E-state index in [0.717, 1.165) is 35.1 Å². The lowest BCUT2D eigenvalue weighted by Gasteiger charge is -2.49. The Morgan fingerprint density at radius 1 is 0.870 bits per heavy atom. The van der Waals surface area contributed by atoms with Gasteiger partial charge in [0.1, 0.15) is 36.0 Å². The number of aromatic nitrogens is 1. The van der Waals surface area contributed by atoms with Crippen molar-refractivity contribution in [2.45, 2.75) is 70.7 Å². The lowest BCUT2D eigenvalue weighted by atomic mass is 9.54. The minimum atomic E-state index is -2.85. The molecule has 0 saturated heterocycles. The molecule has 3 atom stereocenters. The SMILES string of the molecule is COc1cc(OCc2ccccc2)c2c(O)c3c(c4c2c1[C@]1(C4)C(C)=CCCC1(C)C)C(=O)[C@H]1Cc2onc(OCc4ccccc4)c2C(=O)[C@@]1(O)C3=O. The van der Waals surface area contributed by atoms with E-state index in [1.165, 1.54) is 0 Å². The predicted octanol–water partition coefficient (Wildman–Crippen LogP) is 7.43. The van der Waals surface area contributed by atoms with Crippen LogP contribution in [0.2, 0.25) is 0 Å². The predicted molar refractivity (Wildman–Crippen MR) is 198 cm³/mol. The van der Waals surface area contributed by atoms with Crippen molar-refractivity contribution >= 4 is 28.1 Å². The molecule has 9 rings (SSSR count). The number of benzene rings is 4. The number of methoxy groups -OCH3 is 1. The van der Waals surface area contributed by atoms with E-state index in [-0.39, 0.29) is 59.0 Å². The lowest BCUT2D eigenvalue weighted by Crippen LogP contribution is -2.61. The first kappa shape index (κ1) is 34.1. The van der Waals surface area contributed by atoms with Crippen molar-refractivity contribution < 1.29 is 43.3 Å². The topological polar surface area (TPSA) is 145 Å². The summed E-state index contributed by atoms with van der Waals surface area (Å²) >= 11 is 0. The van der Waals surface area contributed by atoms with Crippen molar-refractivity contribution in [2.24, 2.45) is 11.3 Å². The Bertz CT molecular complexity index is 2460. The molecule has 5 aromatic rings. The van der Waals surface area contributed by atoms with Gasteiger partial charge in [-0.15, -0.1) is 0 Å². The van der Waals surface area contributed by atoms with Gasteiger partial charge in [0.15, 0.2) is 11.5 Å². The number of carbonyl (C=O) groups is 3. The van der Waals surface area contributed by atoms with Crippen LogP contribution in [0.5, 0.6) is 23.1 Å². The number of hydrogen-bond donors (Lipinski definition) is 2. The monoisotopic (exact) mass is 725 g/mol. The Kier molecular flexibility index (Phi) is 7.49. The Hall–Kier alpha value is -5.74. The molecular weight excluding hydrogens is 686 g/mol. The highest BCUT2D eigenvalue weighted by Gasteiger charge is 2.65. The third kappa shape index (κ3) is 4.43. The average Bonchev–Trinajstić information content (AvgIpc) is 3.75. The van der Waals surface area contributed by atoms with Gasteiger partial charge < -0.3 is 28.9 Å². The molecule has 54 heavy (non-hydrogen) atoms. The van der Waals surface area contributed by atoms with Crippen molar-refractivity contribution in [2.75, 3.05) is 7.11 Å². The van der Waals surface area contributed by atoms with Gasteiger partial charge >= 0.3 is 0 Å². The minimum absolute atomic E-state index is 0.00514. The minimum Gasteiger partial charge on any atom is -0.506 e. The molecule has 0 fully saturated rings. The summed E-state index contributed by atoms with van der Waals surface area (Å²) in [4.78, 5) is 44.3. The van der Waals surface area contributed by atoms with Crippen LogP contribution in [-0.4, -0.2) is 45.4 Å². The molecule has 10 heteroatoms. The van der Waals surface area contributed by atoms with Crippen molar-refractivity contribution in [1.82, 2.24) is 5.16 Å². The van der Waals surface area contributed by atoms with Crippen LogP contribution in [0.15, 0.2) is 82.9 Å². The van der Waals surface area contributed by atoms with Crippen LogP contribution in [0.25, 0.3) is 10.8 Å². The Balaban J connectivity index is 1.25. The van der Waals surface area contributed by atoms with E-state index >= 15 is 0 Å². The zero-order chi connectivity index (χ0) is 37.7. The first-order chi connectivity index (χ1) is 25.9. The number of aromatic hydroxyl groups is 1. The fourth-order valence-electron chi connectivity index (χ4n) is 9.72. The molecule has 2 N–H and O–H groups in total. The summed E-state index contributed by atoms with van der Waals surface area (Å²) in [6, 6.07) is 20.5. The van der Waals surface area contributed by atoms with Crippen molar-refractivity contribution in [3.8, 4) is 23.1 Å². The van der Waals surface area contributed by atoms with Gasteiger partial charge in [0.05, 0.1) is 24.0 Å². The number of ether oxygens (including phenoxy) is 3. The normalized spacial score (nSPS) is 23.5. The molecule has 0 saturated carbocycles. The van der Waals surface area contributed by atoms with Crippen LogP contribution < -0.4 is 14.2 Å². The number of fused-ring (bicyclic) bond motifs is 5. The van der Waals surface area contributed by atoms with Crippen LogP contribution in [0.3, 0.4) is 0 Å². The smallest absolute Gasteiger partial charge is 0.265 e. The fourth-order valence-corrected chi connectivity index (χ4v) is 9.72. The molecule has 10 nitrogen and oxygen atoms in total. The molecule has 0 amide bonds. The van der Waals surface area contributed by atoms with Crippen LogP contribution in [0.1, 0.15) is 92.7 Å². The number of rotatable bonds is 7. The van der Waals surface area contributed by atoms with E-state index in [1.807, 2.05) is 60.7 Å². The van der Waals surface area contributed by atoms with Gasteiger partial charge in [0.25, 0.3) is 5.88 Å². The standard InChI is InChI=1S/C44H39NO9/c1-23-12-11-17-42(2,3)43(23)20-26-31-33(28(19-30(51-4)36(31)43)52-21-24-13-7-5-8-14-24)38(47)35-32(26)37(46)27-18-29-34(39(48)44(27,50)40(35)49)41(45-54-29)53-22-25-15-9-6-10-16-25/h5-10,12-16,19,27,47,50H,11,17-18,20-22H2,1-4H3/t27-,43+,44-/m1/s1. The number of aliphatic hydroxyl groups is 1. The van der Waals surface area contributed by atoms with Gasteiger partial charge in [-0.3, -0.25) is 14.4 Å². The number of phenols is 1. The molecule has 274 valence electrons. The number of phenolic OH excluding ortho intramolecular Hbond substituents is 1. The number of allylic oxidation sites excluding steroid dienone is 2. The Morgan fingerprint density at radius 2 is 1.52 bits per heavy atom. The lowest BCUT2D eigenvalue weighted by molar-refractivity contribution is -0.0000753. The van der Waals surface area contributed by atoms with Crippen molar-refractivity contribution in [3.05, 3.63) is 123 Å². The van der Waals surface area contributed by atoms with Crippen LogP contribution in [0, 0.1) is 11.3 Å². The van der Waals surface area contributed by atoms with Gasteiger partial charge in [0.2, 0.25) is 17.2 Å². The van der Waals surface area contributed by atoms with Gasteiger partial charge in [-0.2, -0.15) is 0 Å². The summed E-state index contributed by atoms with van der Waals surface area (Å²) in [5.41, 5.74) is -0.298. The quantitative estimate of drug-likeness (QED) is 0.128. The van der Waals surface area contributed by atoms with Crippen LogP contribution in [0.4, 0.5) is 0 Å². The fraction of sp³-hybridized carbons (Fsp3) is 0.318. The van der Waals surface area contributed by atoms with Crippen molar-refractivity contribution in [3.63, 3.8) is 0 Å². The molecule has 0 radical (unpaired) electrons. The maximum absolute atomic E-state index is 15.0. The molecule has 0 aliphatic heterocycles. The van der Waals surface area contributed by atoms with Gasteiger partial charge in [0, 0.05) is 34.4 Å². The van der Waals surface area contributed by atoms with Gasteiger partial charge in [-0.25, -0.2) is 0 Å². The maximum atomic E-state index is 15.0. The highest BCUT2D eigenvalue weighted by molar-refractivity contribution is 6.34. The highest BCUT2D eigenvalue weighted by Crippen LogP contribution is 2.65. The number of hydrogen-bond acceptors (Lipinski definition) is 10. The second kappa shape index (κ2) is 11.9. The molecule has 4 aromatic carbocycles. The molecule has 0 bridgehead atoms. The van der Waals surface area contributed by atoms with E-state index in [9.17, 15) is 24.6 Å². The summed E-state index contributed by atoms with van der Waals surface area (Å²) in [5, 5.41) is 29.5. The van der Waals surface area contributed by atoms with Crippen LogP contribution >= 0.6 is 0 Å². The first-order valence-electron chi connectivity index (χ1n) is 18.2. The summed E-state index contributed by atoms with van der Waals surface area (Å²) in [5.74, 6) is -4.15. The second-order valence-corrected chi connectivity index (χ2v) is 15.6. The second-order valence-electron chi connectivity index (χ2n) is 15.6. The number of Topliss-reactive ketones (excluding diaryl/α,β-unsaturated/α-hetero) is 3. The summed E-state index contributed by atoms with van der Waals surface area (Å²) in [6.45, 7) is 6.66. The molecular formula is C44H39NO9. The summed E-state index contributed by atoms with van der Waals surface area (Å²) < 4.78 is 24.0. The zero-order valence-electron chi connectivity index (χ0n) is 30.4. The first-order valence-corrected chi connectivity index (χ1v) is 18.2. The number of ketones is 3. The van der Waals surface area contributed by atoms with Gasteiger partial charge in [-0.05, 0) is 53.4 Å². The third-order valence-corrected chi connectivity index (χ3v) is 12.5. The average molecular weight is 726 g/mol. The Labute approximate surface area is 311 Å². The Morgan fingerprint density at radius 3 is 2.17 bits per heavy atom. The van der Waals surface area contributed by atoms with Crippen LogP contribution in [-0.2, 0) is 31.5 Å². The van der Waals surface area contributed by atoms with Gasteiger partial charge in [-0.1, -0.05) is 86.2 Å². The molecule has 4 aliphatic rings. The molecule has 1 heterocycles. The molecule has 1 aromatic heterocycles. The third-order valence-electron chi connectivity index (χ3n) is 12.5. The maximum Gasteiger partial charge on any atom is 0.265 e. The molecule has 1 spiro atoms. The van der Waals surface area contributed by atoms with E-state index in [1.54, 1.807) is 13.2 Å². The molecule has 0 unspecified atom stereocenters. The van der Waals surface area contributed by atoms with E-state index < -0.39 is 45.6 Å².